The number of carbonyl (C=O) groups is 3. The Bertz CT molecular complexity index is 1390. The molecule has 1 saturated heterocycles. The smallest absolute Gasteiger partial charge is 0.310 e. The fourth-order valence-corrected chi connectivity index (χ4v) is 5.68. The van der Waals surface area contributed by atoms with Crippen LogP contribution in [0, 0.1) is 0 Å². The van der Waals surface area contributed by atoms with Crippen LogP contribution in [-0.2, 0) is 14.4 Å². The summed E-state index contributed by atoms with van der Waals surface area (Å²) in [6.45, 7) is 0.908. The first kappa shape index (κ1) is 27.6. The quantitative estimate of drug-likeness (QED) is 0.203. The molecule has 3 N–H and O–H groups in total. The second kappa shape index (κ2) is 13.0. The molecule has 3 amide bonds. The van der Waals surface area contributed by atoms with Gasteiger partial charge < -0.3 is 20.9 Å². The monoisotopic (exact) mass is 559 g/mol. The molecule has 2 heterocycles. The van der Waals surface area contributed by atoms with Gasteiger partial charge in [-0.1, -0.05) is 73.3 Å². The molecule has 8 nitrogen and oxygen atoms in total. The van der Waals surface area contributed by atoms with Gasteiger partial charge in [-0.3, -0.25) is 19.4 Å². The van der Waals surface area contributed by atoms with Gasteiger partial charge in [0, 0.05) is 41.4 Å². The zero-order valence-electron chi connectivity index (χ0n) is 22.3. The minimum absolute atomic E-state index is 0.120. The number of amides is 3. The zero-order chi connectivity index (χ0) is 27.9. The summed E-state index contributed by atoms with van der Waals surface area (Å²) in [4.78, 5) is 44.6. The van der Waals surface area contributed by atoms with Crippen molar-refractivity contribution in [1.29, 1.82) is 0 Å². The highest BCUT2D eigenvalue weighted by atomic mass is 35.5. The average molecular weight is 560 g/mol. The molecule has 0 radical (unpaired) electrons. The van der Waals surface area contributed by atoms with Gasteiger partial charge in [0.1, 0.15) is 6.04 Å². The molecule has 5 rings (SSSR count). The van der Waals surface area contributed by atoms with Gasteiger partial charge in [0.15, 0.2) is 0 Å². The van der Waals surface area contributed by atoms with Gasteiger partial charge in [-0.2, -0.15) is 0 Å². The molecular formula is C31H34ClN5O3. The first-order chi connectivity index (χ1) is 19.5. The number of aromatic nitrogens is 1. The lowest BCUT2D eigenvalue weighted by atomic mass is 9.85. The first-order valence-electron chi connectivity index (χ1n) is 13.9. The van der Waals surface area contributed by atoms with Crippen LogP contribution in [0.15, 0.2) is 66.9 Å². The SMILES string of the molecule is O=C(NCCCNc1ccnc2cc(Cl)ccc12)C(=O)N[C@@H]1C(=O)N(C2CCCCC2)[C@@H]1/C=C/c1ccccc1. The van der Waals surface area contributed by atoms with Gasteiger partial charge >= 0.3 is 11.8 Å². The minimum Gasteiger partial charge on any atom is -0.384 e. The van der Waals surface area contributed by atoms with Crippen LogP contribution in [0.4, 0.5) is 5.69 Å². The molecule has 1 aliphatic heterocycles. The Labute approximate surface area is 239 Å². The largest absolute Gasteiger partial charge is 0.384 e. The lowest BCUT2D eigenvalue weighted by Gasteiger charge is -2.51. The van der Waals surface area contributed by atoms with E-state index in [1.165, 1.54) is 6.42 Å². The third-order valence-corrected chi connectivity index (χ3v) is 7.82. The molecule has 2 aliphatic rings. The van der Waals surface area contributed by atoms with Crippen LogP contribution >= 0.6 is 11.6 Å². The summed E-state index contributed by atoms with van der Waals surface area (Å²) in [6, 6.07) is 16.4. The molecule has 40 heavy (non-hydrogen) atoms. The van der Waals surface area contributed by atoms with E-state index in [0.29, 0.717) is 24.5 Å². The molecule has 1 aliphatic carbocycles. The average Bonchev–Trinajstić information content (AvgIpc) is 2.98. The number of hydrogen-bond acceptors (Lipinski definition) is 5. The van der Waals surface area contributed by atoms with Crippen molar-refractivity contribution in [3.8, 4) is 0 Å². The molecule has 9 heteroatoms. The maximum absolute atomic E-state index is 13.1. The minimum atomic E-state index is -0.787. The molecule has 2 atom stereocenters. The molecule has 3 aromatic rings. The Morgan fingerprint density at radius 2 is 1.80 bits per heavy atom. The second-order valence-electron chi connectivity index (χ2n) is 10.3. The predicted octanol–water partition coefficient (Wildman–Crippen LogP) is 4.55. The summed E-state index contributed by atoms with van der Waals surface area (Å²) < 4.78 is 0. The Balaban J connectivity index is 1.12. The van der Waals surface area contributed by atoms with Crippen LogP contribution in [0.5, 0.6) is 0 Å². The molecule has 1 aromatic heterocycles. The van der Waals surface area contributed by atoms with Crippen LogP contribution < -0.4 is 16.0 Å². The Kier molecular flexibility index (Phi) is 8.96. The van der Waals surface area contributed by atoms with Crippen LogP contribution in [0.1, 0.15) is 44.1 Å². The molecule has 2 fully saturated rings. The summed E-state index contributed by atoms with van der Waals surface area (Å²) in [6.07, 6.45) is 11.6. The van der Waals surface area contributed by atoms with Crippen molar-refractivity contribution in [3.63, 3.8) is 0 Å². The van der Waals surface area contributed by atoms with Gasteiger partial charge in [0.05, 0.1) is 11.6 Å². The van der Waals surface area contributed by atoms with Crippen LogP contribution in [0.3, 0.4) is 0 Å². The number of nitrogens with zero attached hydrogens (tertiary/aromatic N) is 2. The third-order valence-electron chi connectivity index (χ3n) is 7.59. The van der Waals surface area contributed by atoms with E-state index in [4.69, 9.17) is 11.6 Å². The number of β-lactam (4-membered cyclic amide) rings is 1. The first-order valence-corrected chi connectivity index (χ1v) is 14.3. The fourth-order valence-electron chi connectivity index (χ4n) is 5.52. The van der Waals surface area contributed by atoms with E-state index in [1.54, 1.807) is 6.20 Å². The van der Waals surface area contributed by atoms with Gasteiger partial charge in [0.25, 0.3) is 0 Å². The summed E-state index contributed by atoms with van der Waals surface area (Å²) >= 11 is 6.06. The van der Waals surface area contributed by atoms with Crippen molar-refractivity contribution in [2.45, 2.75) is 56.7 Å². The van der Waals surface area contributed by atoms with Gasteiger partial charge in [-0.25, -0.2) is 0 Å². The second-order valence-corrected chi connectivity index (χ2v) is 10.7. The standard InChI is InChI=1S/C31H34ClN5O3/c32-22-13-14-24-25(16-19-34-26(24)20-22)33-17-7-18-35-29(38)30(39)36-28-27(15-12-21-8-3-1-4-9-21)37(31(28)40)23-10-5-2-6-11-23/h1,3-4,8-9,12-16,19-20,23,27-28H,2,5-7,10-11,17-18H2,(H,33,34)(H,35,38)(H,36,39)/b15-12+/t27-,28+/m1/s1. The van der Waals surface area contributed by atoms with E-state index in [9.17, 15) is 14.4 Å². The lowest BCUT2D eigenvalue weighted by molar-refractivity contribution is -0.156. The number of hydrogen-bond donors (Lipinski definition) is 3. The normalized spacial score (nSPS) is 19.4. The Morgan fingerprint density at radius 3 is 2.60 bits per heavy atom. The van der Waals surface area contributed by atoms with Crippen molar-refractivity contribution >= 4 is 52.0 Å². The number of pyridine rings is 1. The molecule has 1 saturated carbocycles. The van der Waals surface area contributed by atoms with Crippen LogP contribution in [-0.4, -0.2) is 58.8 Å². The number of likely N-dealkylation sites (tertiary alicyclic amines) is 1. The van der Waals surface area contributed by atoms with E-state index in [0.717, 1.165) is 47.8 Å². The van der Waals surface area contributed by atoms with E-state index in [2.05, 4.69) is 20.9 Å². The van der Waals surface area contributed by atoms with Crippen molar-refractivity contribution in [2.75, 3.05) is 18.4 Å². The Hall–Kier alpha value is -3.91. The topological polar surface area (TPSA) is 103 Å². The summed E-state index contributed by atoms with van der Waals surface area (Å²) in [5.41, 5.74) is 2.74. The third kappa shape index (κ3) is 6.45. The number of fused-ring (bicyclic) bond motifs is 1. The summed E-state index contributed by atoms with van der Waals surface area (Å²) in [5, 5.41) is 10.3. The van der Waals surface area contributed by atoms with Crippen molar-refractivity contribution in [3.05, 3.63) is 77.5 Å². The van der Waals surface area contributed by atoms with Gasteiger partial charge in [-0.15, -0.1) is 0 Å². The Morgan fingerprint density at radius 1 is 1.00 bits per heavy atom. The van der Waals surface area contributed by atoms with Crippen molar-refractivity contribution in [2.24, 2.45) is 0 Å². The van der Waals surface area contributed by atoms with Gasteiger partial charge in [0.2, 0.25) is 5.91 Å². The van der Waals surface area contributed by atoms with E-state index in [-0.39, 0.29) is 18.0 Å². The highest BCUT2D eigenvalue weighted by Gasteiger charge is 2.50. The number of nitrogens with one attached hydrogen (secondary N) is 3. The predicted molar refractivity (Wildman–Crippen MR) is 158 cm³/mol. The van der Waals surface area contributed by atoms with E-state index < -0.39 is 17.9 Å². The molecule has 0 unspecified atom stereocenters. The summed E-state index contributed by atoms with van der Waals surface area (Å²) in [7, 11) is 0. The lowest BCUT2D eigenvalue weighted by Crippen LogP contribution is -2.73. The maximum atomic E-state index is 13.1. The number of carbonyl (C=O) groups excluding carboxylic acids is 3. The fraction of sp³-hybridized carbons (Fsp3) is 0.355. The number of rotatable bonds is 9. The van der Waals surface area contributed by atoms with Crippen molar-refractivity contribution in [1.82, 2.24) is 20.5 Å². The van der Waals surface area contributed by atoms with Gasteiger partial charge in [-0.05, 0) is 49.1 Å². The van der Waals surface area contributed by atoms with Crippen LogP contribution in [0.2, 0.25) is 5.02 Å². The van der Waals surface area contributed by atoms with Crippen molar-refractivity contribution < 1.29 is 14.4 Å². The number of halogens is 1. The van der Waals surface area contributed by atoms with E-state index >= 15 is 0 Å². The summed E-state index contributed by atoms with van der Waals surface area (Å²) in [5.74, 6) is -1.64. The molecule has 208 valence electrons. The molecular weight excluding hydrogens is 526 g/mol. The van der Waals surface area contributed by atoms with Crippen LogP contribution in [0.25, 0.3) is 17.0 Å². The zero-order valence-corrected chi connectivity index (χ0v) is 23.1. The van der Waals surface area contributed by atoms with E-state index in [1.807, 2.05) is 71.6 Å². The number of anilines is 1. The maximum Gasteiger partial charge on any atom is 0.310 e. The molecule has 0 spiro atoms. The highest BCUT2D eigenvalue weighted by molar-refractivity contribution is 6.35. The highest BCUT2D eigenvalue weighted by Crippen LogP contribution is 2.32. The molecule has 2 aromatic carbocycles. The number of benzene rings is 2. The molecule has 0 bridgehead atoms.